The smallest absolute Gasteiger partial charge is 0.319 e. The van der Waals surface area contributed by atoms with Crippen LogP contribution in [-0.4, -0.2) is 17.6 Å². The van der Waals surface area contributed by atoms with Crippen LogP contribution in [-0.2, 0) is 6.42 Å². The van der Waals surface area contributed by atoms with Crippen molar-refractivity contribution in [3.05, 3.63) is 71.9 Å². The number of urea groups is 1. The fourth-order valence-corrected chi connectivity index (χ4v) is 2.34. The van der Waals surface area contributed by atoms with Gasteiger partial charge in [0.2, 0.25) is 0 Å². The maximum Gasteiger partial charge on any atom is 0.319 e. The summed E-state index contributed by atoms with van der Waals surface area (Å²) in [7, 11) is 0. The van der Waals surface area contributed by atoms with Crippen LogP contribution in [0.3, 0.4) is 0 Å². The highest BCUT2D eigenvalue weighted by molar-refractivity contribution is 5.92. The summed E-state index contributed by atoms with van der Waals surface area (Å²) in [6, 6.07) is 12.1. The summed E-state index contributed by atoms with van der Waals surface area (Å²) < 4.78 is 26.4. The minimum absolute atomic E-state index is 0.264. The molecule has 0 saturated heterocycles. The van der Waals surface area contributed by atoms with Crippen LogP contribution in [0.5, 0.6) is 0 Å². The van der Waals surface area contributed by atoms with Crippen molar-refractivity contribution in [2.24, 2.45) is 0 Å². The van der Waals surface area contributed by atoms with Crippen molar-refractivity contribution < 1.29 is 13.6 Å². The van der Waals surface area contributed by atoms with Gasteiger partial charge in [-0.2, -0.15) is 0 Å². The zero-order valence-corrected chi connectivity index (χ0v) is 12.7. The lowest BCUT2D eigenvalue weighted by molar-refractivity contribution is 0.252. The minimum atomic E-state index is -0.400. The van der Waals surface area contributed by atoms with Gasteiger partial charge in [0.1, 0.15) is 17.2 Å². The first-order valence-electron chi connectivity index (χ1n) is 7.45. The van der Waals surface area contributed by atoms with Gasteiger partial charge in [0, 0.05) is 11.9 Å². The second-order valence-corrected chi connectivity index (χ2v) is 5.29. The lowest BCUT2D eigenvalue weighted by atomic mass is 10.1. The molecule has 3 rings (SSSR count). The van der Waals surface area contributed by atoms with E-state index in [9.17, 15) is 13.6 Å². The maximum atomic E-state index is 13.5. The molecular formula is C18H15F2N3O. The van der Waals surface area contributed by atoms with Crippen molar-refractivity contribution in [2.45, 2.75) is 6.42 Å². The quantitative estimate of drug-likeness (QED) is 0.764. The van der Waals surface area contributed by atoms with E-state index < -0.39 is 5.82 Å². The summed E-state index contributed by atoms with van der Waals surface area (Å²) in [5, 5.41) is 5.97. The summed E-state index contributed by atoms with van der Waals surface area (Å²) in [5.41, 5.74) is 1.67. The Morgan fingerprint density at radius 2 is 1.88 bits per heavy atom. The van der Waals surface area contributed by atoms with Gasteiger partial charge in [0.05, 0.1) is 11.9 Å². The van der Waals surface area contributed by atoms with E-state index in [0.29, 0.717) is 24.0 Å². The van der Waals surface area contributed by atoms with Gasteiger partial charge >= 0.3 is 6.03 Å². The summed E-state index contributed by atoms with van der Waals surface area (Å²) >= 11 is 0. The van der Waals surface area contributed by atoms with Crippen molar-refractivity contribution >= 4 is 22.6 Å². The molecule has 0 aliphatic carbocycles. The number of fused-ring (bicyclic) bond motifs is 1. The van der Waals surface area contributed by atoms with Gasteiger partial charge in [0.15, 0.2) is 0 Å². The third kappa shape index (κ3) is 3.84. The molecule has 0 spiro atoms. The van der Waals surface area contributed by atoms with Crippen LogP contribution in [0.2, 0.25) is 0 Å². The van der Waals surface area contributed by atoms with E-state index in [-0.39, 0.29) is 17.4 Å². The monoisotopic (exact) mass is 327 g/mol. The fraction of sp³-hybridized carbons (Fsp3) is 0.111. The SMILES string of the molecule is O=C(NCCc1ccc(F)cc1)Nc1cnc2c(F)cccc2c1. The topological polar surface area (TPSA) is 54.0 Å². The number of carbonyl (C=O) groups is 1. The molecule has 2 N–H and O–H groups in total. The first-order chi connectivity index (χ1) is 11.6. The van der Waals surface area contributed by atoms with Crippen LogP contribution in [0.25, 0.3) is 10.9 Å². The van der Waals surface area contributed by atoms with E-state index in [1.807, 2.05) is 0 Å². The molecule has 1 heterocycles. The van der Waals surface area contributed by atoms with Gasteiger partial charge in [0.25, 0.3) is 0 Å². The predicted molar refractivity (Wildman–Crippen MR) is 88.8 cm³/mol. The number of pyridine rings is 1. The zero-order valence-electron chi connectivity index (χ0n) is 12.7. The number of carbonyl (C=O) groups excluding carboxylic acids is 1. The third-order valence-electron chi connectivity index (χ3n) is 3.53. The standard InChI is InChI=1S/C18H15F2N3O/c19-14-6-4-12(5-7-14)8-9-21-18(24)23-15-10-13-2-1-3-16(20)17(13)22-11-15/h1-7,10-11H,8-9H2,(H2,21,23,24). The van der Waals surface area contributed by atoms with Crippen molar-refractivity contribution in [2.75, 3.05) is 11.9 Å². The molecular weight excluding hydrogens is 312 g/mol. The first-order valence-corrected chi connectivity index (χ1v) is 7.45. The molecule has 122 valence electrons. The normalized spacial score (nSPS) is 10.6. The molecule has 0 fully saturated rings. The third-order valence-corrected chi connectivity index (χ3v) is 3.53. The van der Waals surface area contributed by atoms with Crippen molar-refractivity contribution in [3.63, 3.8) is 0 Å². The number of nitrogens with zero attached hydrogens (tertiary/aromatic N) is 1. The van der Waals surface area contributed by atoms with Gasteiger partial charge in [-0.05, 0) is 36.2 Å². The van der Waals surface area contributed by atoms with Crippen molar-refractivity contribution in [3.8, 4) is 0 Å². The number of anilines is 1. The molecule has 0 saturated carbocycles. The number of amides is 2. The second-order valence-electron chi connectivity index (χ2n) is 5.29. The van der Waals surface area contributed by atoms with E-state index >= 15 is 0 Å². The van der Waals surface area contributed by atoms with Crippen LogP contribution in [0, 0.1) is 11.6 Å². The summed E-state index contributed by atoms with van der Waals surface area (Å²) in [5.74, 6) is -0.688. The Morgan fingerprint density at radius 3 is 2.67 bits per heavy atom. The van der Waals surface area contributed by atoms with Crippen LogP contribution in [0.1, 0.15) is 5.56 Å². The molecule has 2 aromatic carbocycles. The Bertz CT molecular complexity index is 866. The van der Waals surface area contributed by atoms with Crippen LogP contribution < -0.4 is 10.6 Å². The number of rotatable bonds is 4. The Kier molecular flexibility index (Phi) is 4.65. The lowest BCUT2D eigenvalue weighted by Crippen LogP contribution is -2.30. The summed E-state index contributed by atoms with van der Waals surface area (Å²) in [6.45, 7) is 0.410. The van der Waals surface area contributed by atoms with Crippen molar-refractivity contribution in [1.82, 2.24) is 10.3 Å². The van der Waals surface area contributed by atoms with E-state index in [4.69, 9.17) is 0 Å². The average molecular weight is 327 g/mol. The van der Waals surface area contributed by atoms with Crippen LogP contribution in [0.15, 0.2) is 54.7 Å². The highest BCUT2D eigenvalue weighted by atomic mass is 19.1. The van der Waals surface area contributed by atoms with Gasteiger partial charge in [-0.3, -0.25) is 4.98 Å². The highest BCUT2D eigenvalue weighted by Crippen LogP contribution is 2.18. The molecule has 4 nitrogen and oxygen atoms in total. The van der Waals surface area contributed by atoms with E-state index in [0.717, 1.165) is 5.56 Å². The molecule has 6 heteroatoms. The number of para-hydroxylation sites is 1. The Morgan fingerprint density at radius 1 is 1.08 bits per heavy atom. The number of halogens is 2. The largest absolute Gasteiger partial charge is 0.338 e. The number of hydrogen-bond acceptors (Lipinski definition) is 2. The van der Waals surface area contributed by atoms with Gasteiger partial charge < -0.3 is 10.6 Å². The zero-order chi connectivity index (χ0) is 16.9. The molecule has 0 aliphatic heterocycles. The molecule has 0 aliphatic rings. The molecule has 1 aromatic heterocycles. The molecule has 0 bridgehead atoms. The van der Waals surface area contributed by atoms with Gasteiger partial charge in [-0.1, -0.05) is 24.3 Å². The number of benzene rings is 2. The predicted octanol–water partition coefficient (Wildman–Crippen LogP) is 3.88. The highest BCUT2D eigenvalue weighted by Gasteiger charge is 2.05. The molecule has 3 aromatic rings. The number of hydrogen-bond donors (Lipinski definition) is 2. The van der Waals surface area contributed by atoms with Crippen LogP contribution in [0.4, 0.5) is 19.3 Å². The van der Waals surface area contributed by atoms with E-state index in [1.54, 1.807) is 30.3 Å². The minimum Gasteiger partial charge on any atom is -0.338 e. The van der Waals surface area contributed by atoms with E-state index in [2.05, 4.69) is 15.6 Å². The molecule has 0 unspecified atom stereocenters. The number of aromatic nitrogens is 1. The maximum absolute atomic E-state index is 13.5. The molecule has 2 amide bonds. The van der Waals surface area contributed by atoms with Gasteiger partial charge in [-0.25, -0.2) is 13.6 Å². The first kappa shape index (κ1) is 15.9. The Hall–Kier alpha value is -3.02. The Labute approximate surface area is 137 Å². The van der Waals surface area contributed by atoms with Crippen molar-refractivity contribution in [1.29, 1.82) is 0 Å². The molecule has 0 radical (unpaired) electrons. The molecule has 24 heavy (non-hydrogen) atoms. The van der Waals surface area contributed by atoms with Crippen LogP contribution >= 0.6 is 0 Å². The lowest BCUT2D eigenvalue weighted by Gasteiger charge is -2.08. The molecule has 0 atom stereocenters. The number of nitrogens with one attached hydrogen (secondary N) is 2. The Balaban J connectivity index is 1.55. The van der Waals surface area contributed by atoms with Gasteiger partial charge in [-0.15, -0.1) is 0 Å². The fourth-order valence-electron chi connectivity index (χ4n) is 2.34. The second kappa shape index (κ2) is 7.04. The summed E-state index contributed by atoms with van der Waals surface area (Å²) in [6.07, 6.45) is 2.00. The van der Waals surface area contributed by atoms with E-state index in [1.165, 1.54) is 24.4 Å². The summed E-state index contributed by atoms with van der Waals surface area (Å²) in [4.78, 5) is 15.9. The average Bonchev–Trinajstić information content (AvgIpc) is 2.57.